The van der Waals surface area contributed by atoms with E-state index in [1.54, 1.807) is 17.2 Å². The molecule has 182 valence electrons. The number of amides is 3. The van der Waals surface area contributed by atoms with Gasteiger partial charge in [0.15, 0.2) is 0 Å². The molecular weight excluding hydrogens is 444 g/mol. The maximum absolute atomic E-state index is 13.4. The Hall–Kier alpha value is -3.94. The van der Waals surface area contributed by atoms with Crippen LogP contribution in [0, 0.1) is 5.92 Å². The molecule has 0 radical (unpaired) electrons. The number of nitrogens with one attached hydrogen (secondary N) is 2. The lowest BCUT2D eigenvalue weighted by Gasteiger charge is -2.30. The number of hydrogen-bond acceptors (Lipinski definition) is 5. The van der Waals surface area contributed by atoms with E-state index in [2.05, 4.69) is 15.6 Å². The Morgan fingerprint density at radius 1 is 1.09 bits per heavy atom. The van der Waals surface area contributed by atoms with Crippen LogP contribution in [0.2, 0.25) is 0 Å². The van der Waals surface area contributed by atoms with Crippen LogP contribution in [-0.4, -0.2) is 46.4 Å². The zero-order valence-corrected chi connectivity index (χ0v) is 19.9. The third-order valence-electron chi connectivity index (χ3n) is 6.13. The first-order valence-electron chi connectivity index (χ1n) is 11.9. The maximum Gasteiger partial charge on any atom is 0.408 e. The molecule has 0 saturated carbocycles. The number of nitrogens with zero attached hydrogens (tertiary/aromatic N) is 2. The van der Waals surface area contributed by atoms with E-state index in [9.17, 15) is 14.4 Å². The van der Waals surface area contributed by atoms with Crippen molar-refractivity contribution in [3.8, 4) is 0 Å². The molecule has 0 spiro atoms. The number of fused-ring (bicyclic) bond motifs is 1. The second-order valence-corrected chi connectivity index (χ2v) is 9.02. The molecule has 0 bridgehead atoms. The molecule has 3 amide bonds. The van der Waals surface area contributed by atoms with Crippen molar-refractivity contribution in [2.24, 2.45) is 5.92 Å². The lowest BCUT2D eigenvalue weighted by molar-refractivity contribution is -0.139. The Morgan fingerprint density at radius 2 is 1.89 bits per heavy atom. The van der Waals surface area contributed by atoms with Gasteiger partial charge in [-0.05, 0) is 48.6 Å². The van der Waals surface area contributed by atoms with Gasteiger partial charge in [-0.15, -0.1) is 0 Å². The standard InChI is InChI=1S/C27H30N4O4/c1-18(2)24(30-27(34)35-17-19-8-4-3-5-9-19)26(33)31-15-7-11-23(31)25(32)29-21-12-13-22-20(16-21)10-6-14-28-22/h3-6,8-10,12-14,16,18,23-24H,7,11,15,17H2,1-2H3,(H,29,32)(H,30,34)/t23-,24-/m0/s1. The smallest absolute Gasteiger partial charge is 0.408 e. The summed E-state index contributed by atoms with van der Waals surface area (Å²) in [6.07, 6.45) is 2.34. The second-order valence-electron chi connectivity index (χ2n) is 9.02. The quantitative estimate of drug-likeness (QED) is 0.537. The van der Waals surface area contributed by atoms with Crippen LogP contribution in [0.15, 0.2) is 66.9 Å². The molecule has 1 aliphatic rings. The molecule has 2 heterocycles. The minimum atomic E-state index is -0.793. The summed E-state index contributed by atoms with van der Waals surface area (Å²) < 4.78 is 5.30. The summed E-state index contributed by atoms with van der Waals surface area (Å²) in [6.45, 7) is 4.28. The fourth-order valence-electron chi connectivity index (χ4n) is 4.27. The molecule has 8 nitrogen and oxygen atoms in total. The molecule has 4 rings (SSSR count). The van der Waals surface area contributed by atoms with Gasteiger partial charge in [-0.2, -0.15) is 0 Å². The zero-order chi connectivity index (χ0) is 24.8. The number of ether oxygens (including phenoxy) is 1. The van der Waals surface area contributed by atoms with Gasteiger partial charge in [0.2, 0.25) is 11.8 Å². The van der Waals surface area contributed by atoms with Gasteiger partial charge in [-0.1, -0.05) is 50.2 Å². The first-order chi connectivity index (χ1) is 16.9. The minimum Gasteiger partial charge on any atom is -0.445 e. The third kappa shape index (κ3) is 5.95. The first kappa shape index (κ1) is 24.2. The Kier molecular flexibility index (Phi) is 7.60. The average Bonchev–Trinajstić information content (AvgIpc) is 3.36. The van der Waals surface area contributed by atoms with Gasteiger partial charge in [0.1, 0.15) is 18.7 Å². The predicted octanol–water partition coefficient (Wildman–Crippen LogP) is 4.12. The van der Waals surface area contributed by atoms with Gasteiger partial charge < -0.3 is 20.3 Å². The number of aromatic nitrogens is 1. The van der Waals surface area contributed by atoms with Crippen molar-refractivity contribution in [1.29, 1.82) is 0 Å². The van der Waals surface area contributed by atoms with Gasteiger partial charge in [0.05, 0.1) is 5.52 Å². The molecule has 8 heteroatoms. The topological polar surface area (TPSA) is 101 Å². The monoisotopic (exact) mass is 474 g/mol. The highest BCUT2D eigenvalue weighted by molar-refractivity contribution is 5.99. The van der Waals surface area contributed by atoms with E-state index >= 15 is 0 Å². The van der Waals surface area contributed by atoms with E-state index in [-0.39, 0.29) is 24.3 Å². The van der Waals surface area contributed by atoms with Crippen LogP contribution >= 0.6 is 0 Å². The highest BCUT2D eigenvalue weighted by atomic mass is 16.5. The molecule has 2 N–H and O–H groups in total. The summed E-state index contributed by atoms with van der Waals surface area (Å²) in [6, 6.07) is 17.2. The Bertz CT molecular complexity index is 1200. The lowest BCUT2D eigenvalue weighted by atomic mass is 10.0. The van der Waals surface area contributed by atoms with Crippen LogP contribution < -0.4 is 10.6 Å². The largest absolute Gasteiger partial charge is 0.445 e. The van der Waals surface area contributed by atoms with Crippen LogP contribution in [0.4, 0.5) is 10.5 Å². The van der Waals surface area contributed by atoms with E-state index in [0.717, 1.165) is 16.5 Å². The summed E-state index contributed by atoms with van der Waals surface area (Å²) in [7, 11) is 0. The summed E-state index contributed by atoms with van der Waals surface area (Å²) in [4.78, 5) is 44.8. The summed E-state index contributed by atoms with van der Waals surface area (Å²) in [5, 5.41) is 6.56. The van der Waals surface area contributed by atoms with E-state index in [4.69, 9.17) is 4.74 Å². The minimum absolute atomic E-state index is 0.113. The highest BCUT2D eigenvalue weighted by Gasteiger charge is 2.38. The SMILES string of the molecule is CC(C)[C@H](NC(=O)OCc1ccccc1)C(=O)N1CCC[C@H]1C(=O)Nc1ccc2ncccc2c1. The maximum atomic E-state index is 13.4. The molecule has 1 saturated heterocycles. The van der Waals surface area contributed by atoms with E-state index in [1.807, 2.05) is 68.4 Å². The number of carbonyl (C=O) groups is 3. The number of anilines is 1. The number of carbonyl (C=O) groups excluding carboxylic acids is 3. The summed E-state index contributed by atoms with van der Waals surface area (Å²) in [5.41, 5.74) is 2.35. The van der Waals surface area contributed by atoms with Gasteiger partial charge >= 0.3 is 6.09 Å². The fraction of sp³-hybridized carbons (Fsp3) is 0.333. The van der Waals surface area contributed by atoms with Gasteiger partial charge in [0, 0.05) is 23.8 Å². The molecule has 0 unspecified atom stereocenters. The van der Waals surface area contributed by atoms with E-state index in [1.165, 1.54) is 0 Å². The highest BCUT2D eigenvalue weighted by Crippen LogP contribution is 2.23. The van der Waals surface area contributed by atoms with Gasteiger partial charge in [-0.3, -0.25) is 14.6 Å². The van der Waals surface area contributed by atoms with Crippen molar-refractivity contribution >= 4 is 34.5 Å². The van der Waals surface area contributed by atoms with Crippen LogP contribution in [0.5, 0.6) is 0 Å². The normalized spacial score (nSPS) is 16.2. The number of hydrogen-bond donors (Lipinski definition) is 2. The second kappa shape index (κ2) is 11.0. The number of alkyl carbamates (subject to hydrolysis) is 1. The molecule has 2 aromatic carbocycles. The third-order valence-corrected chi connectivity index (χ3v) is 6.13. The Balaban J connectivity index is 1.39. The summed E-state index contributed by atoms with van der Waals surface area (Å²) in [5.74, 6) is -0.700. The van der Waals surface area contributed by atoms with Crippen molar-refractivity contribution in [2.45, 2.75) is 45.4 Å². The predicted molar refractivity (Wildman–Crippen MR) is 133 cm³/mol. The van der Waals surface area contributed by atoms with Gasteiger partial charge in [-0.25, -0.2) is 4.79 Å². The first-order valence-corrected chi connectivity index (χ1v) is 11.9. The molecule has 2 atom stereocenters. The number of rotatable bonds is 7. The molecule has 35 heavy (non-hydrogen) atoms. The average molecular weight is 475 g/mol. The molecule has 1 fully saturated rings. The van der Waals surface area contributed by atoms with Crippen molar-refractivity contribution in [2.75, 3.05) is 11.9 Å². The Labute approximate surface area is 204 Å². The number of benzene rings is 2. The van der Waals surface area contributed by atoms with E-state index < -0.39 is 18.2 Å². The molecule has 1 aromatic heterocycles. The van der Waals surface area contributed by atoms with Crippen LogP contribution in [0.3, 0.4) is 0 Å². The van der Waals surface area contributed by atoms with Gasteiger partial charge in [0.25, 0.3) is 0 Å². The van der Waals surface area contributed by atoms with Crippen LogP contribution in [-0.2, 0) is 20.9 Å². The fourth-order valence-corrected chi connectivity index (χ4v) is 4.27. The van der Waals surface area contributed by atoms with Crippen molar-refractivity contribution < 1.29 is 19.1 Å². The van der Waals surface area contributed by atoms with E-state index in [0.29, 0.717) is 25.1 Å². The Morgan fingerprint density at radius 3 is 2.66 bits per heavy atom. The molecule has 3 aromatic rings. The van der Waals surface area contributed by atoms with Crippen molar-refractivity contribution in [1.82, 2.24) is 15.2 Å². The van der Waals surface area contributed by atoms with Crippen molar-refractivity contribution in [3.05, 3.63) is 72.4 Å². The molecular formula is C27H30N4O4. The molecule has 1 aliphatic heterocycles. The van der Waals surface area contributed by atoms with Crippen LogP contribution in [0.1, 0.15) is 32.3 Å². The lowest BCUT2D eigenvalue weighted by Crippen LogP contribution is -2.54. The van der Waals surface area contributed by atoms with Crippen LogP contribution in [0.25, 0.3) is 10.9 Å². The zero-order valence-electron chi connectivity index (χ0n) is 19.9. The van der Waals surface area contributed by atoms with Crippen molar-refractivity contribution in [3.63, 3.8) is 0 Å². The molecule has 0 aliphatic carbocycles. The summed E-state index contributed by atoms with van der Waals surface area (Å²) >= 11 is 0. The number of pyridine rings is 1. The number of likely N-dealkylation sites (tertiary alicyclic amines) is 1.